The summed E-state index contributed by atoms with van der Waals surface area (Å²) in [6, 6.07) is 10.9. The third kappa shape index (κ3) is 9.39. The minimum absolute atomic E-state index is 0.0465. The van der Waals surface area contributed by atoms with Crippen molar-refractivity contribution in [3.8, 4) is 11.4 Å². The average Bonchev–Trinajstić information content (AvgIpc) is 3.52. The van der Waals surface area contributed by atoms with Gasteiger partial charge in [-0.25, -0.2) is 28.1 Å². The third-order valence-electron chi connectivity index (χ3n) is 8.42. The number of hydrogen-bond acceptors (Lipinski definition) is 8. The van der Waals surface area contributed by atoms with Gasteiger partial charge in [-0.15, -0.1) is 0 Å². The number of nitrogens with zero attached hydrogens (tertiary/aromatic N) is 4. The Bertz CT molecular complexity index is 1850. The number of carbonyl (C=O) groups excluding carboxylic acids is 1. The molecule has 6 rings (SSSR count). The summed E-state index contributed by atoms with van der Waals surface area (Å²) >= 11 is 0. The highest BCUT2D eigenvalue weighted by atomic mass is 19.1. The smallest absolute Gasteiger partial charge is 0.270 e. The lowest BCUT2D eigenvalue weighted by Gasteiger charge is -2.30. The number of hydrogen-bond donors (Lipinski definition) is 3. The van der Waals surface area contributed by atoms with E-state index in [9.17, 15) is 18.0 Å². The fraction of sp³-hybridized carbons (Fsp3) is 0.361. The molecule has 1 aliphatic carbocycles. The topological polar surface area (TPSA) is 127 Å². The van der Waals surface area contributed by atoms with E-state index in [1.165, 1.54) is 18.2 Å². The number of pyridine rings is 2. The van der Waals surface area contributed by atoms with Gasteiger partial charge < -0.3 is 25.1 Å². The first-order valence-electron chi connectivity index (χ1n) is 16.5. The van der Waals surface area contributed by atoms with Crippen LogP contribution in [0.2, 0.25) is 0 Å². The summed E-state index contributed by atoms with van der Waals surface area (Å²) in [6.45, 7) is 2.05. The van der Waals surface area contributed by atoms with E-state index in [0.717, 1.165) is 62.0 Å². The van der Waals surface area contributed by atoms with Gasteiger partial charge in [-0.2, -0.15) is 0 Å². The van der Waals surface area contributed by atoms with Crippen molar-refractivity contribution in [2.45, 2.75) is 70.2 Å². The fourth-order valence-corrected chi connectivity index (χ4v) is 5.90. The van der Waals surface area contributed by atoms with E-state index in [0.29, 0.717) is 55.1 Å². The number of fused-ring (bicyclic) bond motifs is 1. The minimum atomic E-state index is -0.602. The lowest BCUT2D eigenvalue weighted by atomic mass is 9.91. The normalized spacial score (nSPS) is 16.1. The molecule has 13 heteroatoms. The molecule has 1 saturated carbocycles. The van der Waals surface area contributed by atoms with Crippen molar-refractivity contribution in [3.05, 3.63) is 102 Å². The molecule has 1 aromatic carbocycles. The Kier molecular flexibility index (Phi) is 11.4. The maximum Gasteiger partial charge on any atom is 0.270 e. The molecule has 0 spiro atoms. The summed E-state index contributed by atoms with van der Waals surface area (Å²) in [5, 5.41) is 6.77. The van der Waals surface area contributed by atoms with E-state index in [-0.39, 0.29) is 35.5 Å². The highest BCUT2D eigenvalue weighted by Crippen LogP contribution is 2.28. The molecule has 2 atom stereocenters. The Hall–Kier alpha value is -4.88. The third-order valence-corrected chi connectivity index (χ3v) is 8.42. The van der Waals surface area contributed by atoms with E-state index in [1.54, 1.807) is 30.6 Å². The highest BCUT2D eigenvalue weighted by molar-refractivity contribution is 5.93. The number of halogens is 3. The number of aromatic nitrogens is 5. The van der Waals surface area contributed by atoms with Crippen LogP contribution in [0.25, 0.3) is 22.4 Å². The monoisotopic (exact) mass is 673 g/mol. The van der Waals surface area contributed by atoms with Gasteiger partial charge in [0.15, 0.2) is 17.5 Å². The van der Waals surface area contributed by atoms with Crippen LogP contribution in [-0.2, 0) is 22.7 Å². The molecule has 0 unspecified atom stereocenters. The molecule has 1 aliphatic rings. The van der Waals surface area contributed by atoms with E-state index >= 15 is 0 Å². The number of H-pyrrole nitrogens is 1. The molecule has 0 aliphatic heterocycles. The predicted molar refractivity (Wildman–Crippen MR) is 178 cm³/mol. The molecule has 49 heavy (non-hydrogen) atoms. The quantitative estimate of drug-likeness (QED) is 0.103. The lowest BCUT2D eigenvalue weighted by molar-refractivity contribution is 0.0920. The summed E-state index contributed by atoms with van der Waals surface area (Å²) < 4.78 is 53.1. The maximum absolute atomic E-state index is 14.8. The summed E-state index contributed by atoms with van der Waals surface area (Å²) in [5.41, 5.74) is 3.11. The van der Waals surface area contributed by atoms with Crippen LogP contribution in [0.15, 0.2) is 67.3 Å². The predicted octanol–water partition coefficient (Wildman–Crippen LogP) is 6.89. The van der Waals surface area contributed by atoms with Gasteiger partial charge in [0, 0.05) is 48.6 Å². The van der Waals surface area contributed by atoms with Gasteiger partial charge in [0.05, 0.1) is 25.6 Å². The van der Waals surface area contributed by atoms with Crippen LogP contribution >= 0.6 is 0 Å². The van der Waals surface area contributed by atoms with Crippen molar-refractivity contribution in [1.82, 2.24) is 30.2 Å². The first-order valence-corrected chi connectivity index (χ1v) is 16.5. The van der Waals surface area contributed by atoms with E-state index in [1.807, 2.05) is 6.07 Å². The van der Waals surface area contributed by atoms with E-state index in [4.69, 9.17) is 9.47 Å². The van der Waals surface area contributed by atoms with Gasteiger partial charge in [-0.05, 0) is 86.4 Å². The van der Waals surface area contributed by atoms with Crippen LogP contribution in [0.1, 0.15) is 66.6 Å². The van der Waals surface area contributed by atoms with Crippen LogP contribution in [-0.4, -0.2) is 56.1 Å². The second-order valence-corrected chi connectivity index (χ2v) is 12.2. The summed E-state index contributed by atoms with van der Waals surface area (Å²) in [6.07, 6.45) is 11.1. The van der Waals surface area contributed by atoms with Crippen LogP contribution in [0.5, 0.6) is 0 Å². The highest BCUT2D eigenvalue weighted by Gasteiger charge is 2.25. The van der Waals surface area contributed by atoms with Gasteiger partial charge in [-0.3, -0.25) is 9.78 Å². The zero-order chi connectivity index (χ0) is 34.0. The molecule has 0 saturated heterocycles. The fourth-order valence-electron chi connectivity index (χ4n) is 5.90. The number of nitrogens with one attached hydrogen (secondary N) is 3. The van der Waals surface area contributed by atoms with Gasteiger partial charge in [0.2, 0.25) is 0 Å². The minimum Gasteiger partial charge on any atom is -0.377 e. The lowest BCUT2D eigenvalue weighted by Crippen LogP contribution is -2.42. The molecule has 4 aromatic heterocycles. The van der Waals surface area contributed by atoms with Crippen LogP contribution in [0, 0.1) is 17.5 Å². The molecule has 1 fully saturated rings. The van der Waals surface area contributed by atoms with Gasteiger partial charge in [-0.1, -0.05) is 12.1 Å². The van der Waals surface area contributed by atoms with Crippen molar-refractivity contribution in [2.75, 3.05) is 18.5 Å². The number of aromatic amines is 1. The Labute approximate surface area is 281 Å². The number of carbonyl (C=O) groups is 1. The Morgan fingerprint density at radius 1 is 0.857 bits per heavy atom. The number of rotatable bonds is 15. The summed E-state index contributed by atoms with van der Waals surface area (Å²) in [4.78, 5) is 32.9. The molecule has 3 N–H and O–H groups in total. The summed E-state index contributed by atoms with van der Waals surface area (Å²) in [5.74, 6) is -1.34. The molecule has 4 heterocycles. The molecule has 0 bridgehead atoms. The zero-order valence-electron chi connectivity index (χ0n) is 26.9. The van der Waals surface area contributed by atoms with Crippen LogP contribution in [0.3, 0.4) is 0 Å². The molecule has 5 aromatic rings. The average molecular weight is 674 g/mol. The van der Waals surface area contributed by atoms with Gasteiger partial charge >= 0.3 is 0 Å². The van der Waals surface area contributed by atoms with E-state index in [2.05, 4.69) is 35.6 Å². The maximum atomic E-state index is 14.8. The SMILES string of the molecule is O=C(N[C@@H]1CCC[C@H](Nc2nc(-c3c[nH]c4ncc(F)cc34)ncc2F)C1)c1cc(COCCCCCOCc2ccc(F)cc2)ccn1. The van der Waals surface area contributed by atoms with Gasteiger partial charge in [0.1, 0.15) is 23.0 Å². The standard InChI is InChI=1S/C36H38F3N7O3/c37-25-9-7-23(8-10-25)21-48-13-2-1-3-14-49-22-24-11-12-40-32(15-24)36(47)45-28-6-4-5-27(17-28)44-35-31(39)20-43-34(46-35)30-19-42-33-29(30)16-26(38)18-41-33/h7-12,15-16,18-20,27-28H,1-6,13-14,17,21-22H2,(H,41,42)(H,45,47)(H,43,44,46)/t27-,28+/m0/s1. The first kappa shape index (κ1) is 34.0. The van der Waals surface area contributed by atoms with Crippen molar-refractivity contribution >= 4 is 22.8 Å². The Morgan fingerprint density at radius 2 is 1.63 bits per heavy atom. The van der Waals surface area contributed by atoms with E-state index < -0.39 is 11.6 Å². The Balaban J connectivity index is 0.933. The number of amides is 1. The van der Waals surface area contributed by atoms with Crippen molar-refractivity contribution < 1.29 is 27.4 Å². The largest absolute Gasteiger partial charge is 0.377 e. The molecule has 10 nitrogen and oxygen atoms in total. The molecular formula is C36H38F3N7O3. The number of benzene rings is 1. The van der Waals surface area contributed by atoms with Crippen molar-refractivity contribution in [2.24, 2.45) is 0 Å². The van der Waals surface area contributed by atoms with Gasteiger partial charge in [0.25, 0.3) is 5.91 Å². The molecule has 256 valence electrons. The van der Waals surface area contributed by atoms with Crippen molar-refractivity contribution in [1.29, 1.82) is 0 Å². The number of anilines is 1. The second-order valence-electron chi connectivity index (χ2n) is 12.2. The Morgan fingerprint density at radius 3 is 2.45 bits per heavy atom. The molecular weight excluding hydrogens is 635 g/mol. The zero-order valence-corrected chi connectivity index (χ0v) is 26.9. The second kappa shape index (κ2) is 16.5. The first-order chi connectivity index (χ1) is 23.9. The molecule has 0 radical (unpaired) electrons. The van der Waals surface area contributed by atoms with Crippen molar-refractivity contribution in [3.63, 3.8) is 0 Å². The summed E-state index contributed by atoms with van der Waals surface area (Å²) in [7, 11) is 0. The van der Waals surface area contributed by atoms with Crippen LogP contribution in [0.4, 0.5) is 19.0 Å². The molecule has 1 amide bonds. The number of ether oxygens (including phenoxy) is 2. The number of unbranched alkanes of at least 4 members (excludes halogenated alkanes) is 2. The van der Waals surface area contributed by atoms with Crippen LogP contribution < -0.4 is 10.6 Å².